The molecule has 1 aliphatic rings. The first-order valence-electron chi connectivity index (χ1n) is 13.3. The van der Waals surface area contributed by atoms with Crippen molar-refractivity contribution < 1.29 is 19.1 Å². The van der Waals surface area contributed by atoms with Crippen LogP contribution in [0.3, 0.4) is 0 Å². The summed E-state index contributed by atoms with van der Waals surface area (Å²) in [5.74, 6) is 0.372. The zero-order valence-electron chi connectivity index (χ0n) is 22.4. The molecule has 1 saturated carbocycles. The van der Waals surface area contributed by atoms with Gasteiger partial charge in [0.1, 0.15) is 0 Å². The maximum atomic E-state index is 12.6. The molecule has 0 aromatic heterocycles. The molecule has 0 aromatic carbocycles. The minimum atomic E-state index is -0.0822. The number of unbranched alkanes of at least 4 members (excludes halogenated alkanes) is 2. The normalized spacial score (nSPS) is 21.6. The summed E-state index contributed by atoms with van der Waals surface area (Å²) in [5.41, 5.74) is 0.361. The monoisotopic (exact) mass is 452 g/mol. The summed E-state index contributed by atoms with van der Waals surface area (Å²) in [4.78, 5) is 25.2. The van der Waals surface area contributed by atoms with E-state index in [0.29, 0.717) is 25.0 Å². The molecule has 0 aromatic rings. The van der Waals surface area contributed by atoms with Gasteiger partial charge in [0.25, 0.3) is 0 Å². The van der Waals surface area contributed by atoms with Crippen molar-refractivity contribution in [1.29, 1.82) is 0 Å². The molecule has 0 N–H and O–H groups in total. The Hall–Kier alpha value is -1.06. The van der Waals surface area contributed by atoms with Crippen molar-refractivity contribution in [3.63, 3.8) is 0 Å². The van der Waals surface area contributed by atoms with Gasteiger partial charge in [0.05, 0.1) is 25.0 Å². The lowest BCUT2D eigenvalue weighted by Gasteiger charge is -2.33. The minimum Gasteiger partial charge on any atom is -0.465 e. The average molecular weight is 453 g/mol. The number of hydrogen-bond acceptors (Lipinski definition) is 4. The average Bonchev–Trinajstić information content (AvgIpc) is 2.77. The lowest BCUT2D eigenvalue weighted by Crippen LogP contribution is -2.32. The molecule has 4 nitrogen and oxygen atoms in total. The van der Waals surface area contributed by atoms with E-state index in [1.54, 1.807) is 0 Å². The van der Waals surface area contributed by atoms with Gasteiger partial charge in [-0.15, -0.1) is 0 Å². The lowest BCUT2D eigenvalue weighted by atomic mass is 9.76. The molecule has 0 radical (unpaired) electrons. The van der Waals surface area contributed by atoms with Crippen molar-refractivity contribution in [3.8, 4) is 0 Å². The van der Waals surface area contributed by atoms with Crippen LogP contribution in [0, 0.1) is 34.5 Å². The third-order valence-corrected chi connectivity index (χ3v) is 8.36. The van der Waals surface area contributed by atoms with Crippen molar-refractivity contribution in [1.82, 2.24) is 0 Å². The summed E-state index contributed by atoms with van der Waals surface area (Å²) < 4.78 is 11.4. The first-order valence-corrected chi connectivity index (χ1v) is 13.3. The first kappa shape index (κ1) is 29.0. The van der Waals surface area contributed by atoms with Crippen LogP contribution < -0.4 is 0 Å². The molecule has 0 bridgehead atoms. The quantitative estimate of drug-likeness (QED) is 0.255. The van der Waals surface area contributed by atoms with E-state index in [1.807, 2.05) is 0 Å². The maximum absolute atomic E-state index is 12.6. The Morgan fingerprint density at radius 1 is 0.719 bits per heavy atom. The van der Waals surface area contributed by atoms with Crippen LogP contribution in [0.25, 0.3) is 0 Å². The van der Waals surface area contributed by atoms with Crippen LogP contribution >= 0.6 is 0 Å². The van der Waals surface area contributed by atoms with Gasteiger partial charge < -0.3 is 9.47 Å². The van der Waals surface area contributed by atoms with E-state index in [9.17, 15) is 9.59 Å². The van der Waals surface area contributed by atoms with Crippen LogP contribution in [0.15, 0.2) is 0 Å². The summed E-state index contributed by atoms with van der Waals surface area (Å²) in [6, 6.07) is 0. The van der Waals surface area contributed by atoms with E-state index < -0.39 is 0 Å². The van der Waals surface area contributed by atoms with Crippen LogP contribution in [0.4, 0.5) is 0 Å². The van der Waals surface area contributed by atoms with Gasteiger partial charge in [0, 0.05) is 0 Å². The Kier molecular flexibility index (Phi) is 12.3. The van der Waals surface area contributed by atoms with Gasteiger partial charge in [-0.3, -0.25) is 9.59 Å². The molecule has 0 amide bonds. The second-order valence-corrected chi connectivity index (χ2v) is 11.8. The van der Waals surface area contributed by atoms with Gasteiger partial charge in [0.15, 0.2) is 0 Å². The molecule has 188 valence electrons. The van der Waals surface area contributed by atoms with Crippen LogP contribution in [-0.4, -0.2) is 25.2 Å². The Bertz CT molecular complexity index is 508. The molecule has 32 heavy (non-hydrogen) atoms. The van der Waals surface area contributed by atoms with Crippen molar-refractivity contribution in [2.24, 2.45) is 34.5 Å². The molecule has 2 atom stereocenters. The third-order valence-electron chi connectivity index (χ3n) is 8.36. The summed E-state index contributed by atoms with van der Waals surface area (Å²) in [7, 11) is 0. The molecule has 0 saturated heterocycles. The van der Waals surface area contributed by atoms with Crippen LogP contribution in [-0.2, 0) is 19.1 Å². The molecular weight excluding hydrogens is 400 g/mol. The summed E-state index contributed by atoms with van der Waals surface area (Å²) in [5, 5.41) is 0. The first-order chi connectivity index (χ1) is 14.9. The number of carbonyl (C=O) groups is 2. The van der Waals surface area contributed by atoms with Crippen LogP contribution in [0.5, 0.6) is 0 Å². The lowest BCUT2D eigenvalue weighted by molar-refractivity contribution is -0.157. The van der Waals surface area contributed by atoms with Crippen molar-refractivity contribution in [3.05, 3.63) is 0 Å². The second-order valence-electron chi connectivity index (χ2n) is 11.8. The number of rotatable bonds is 14. The SMILES string of the molecule is CCCCC(C)(C)C(C)COC(=O)C1CCC(C(=O)OCC(C)C(C)(C)CCCC)CC1. The fourth-order valence-electron chi connectivity index (χ4n) is 4.42. The van der Waals surface area contributed by atoms with Gasteiger partial charge >= 0.3 is 11.9 Å². The molecule has 0 aliphatic heterocycles. The number of ether oxygens (including phenoxy) is 2. The molecule has 0 heterocycles. The van der Waals surface area contributed by atoms with Gasteiger partial charge in [0.2, 0.25) is 0 Å². The smallest absolute Gasteiger partial charge is 0.308 e. The van der Waals surface area contributed by atoms with Crippen molar-refractivity contribution in [2.75, 3.05) is 13.2 Å². The van der Waals surface area contributed by atoms with Gasteiger partial charge in [-0.05, 0) is 61.2 Å². The second kappa shape index (κ2) is 13.6. The molecular formula is C28H52O4. The summed E-state index contributed by atoms with van der Waals surface area (Å²) in [6.07, 6.45) is 10.0. The molecule has 1 aliphatic carbocycles. The van der Waals surface area contributed by atoms with Crippen LogP contribution in [0.1, 0.15) is 120 Å². The van der Waals surface area contributed by atoms with E-state index in [1.165, 1.54) is 25.7 Å². The Balaban J connectivity index is 2.37. The standard InChI is InChI=1S/C28H52O4/c1-9-11-17-27(5,6)21(3)19-31-25(29)23-13-15-24(16-14-23)26(30)32-20-22(4)28(7,8)18-12-10-2/h21-24H,9-20H2,1-8H3. The van der Waals surface area contributed by atoms with E-state index in [4.69, 9.17) is 9.47 Å². The number of carbonyl (C=O) groups excluding carboxylic acids is 2. The Morgan fingerprint density at radius 2 is 1.03 bits per heavy atom. The van der Waals surface area contributed by atoms with Gasteiger partial charge in [-0.25, -0.2) is 0 Å². The van der Waals surface area contributed by atoms with Crippen molar-refractivity contribution in [2.45, 2.75) is 120 Å². The number of esters is 2. The molecule has 4 heteroatoms. The fraction of sp³-hybridized carbons (Fsp3) is 0.929. The highest BCUT2D eigenvalue weighted by molar-refractivity contribution is 5.75. The zero-order valence-corrected chi connectivity index (χ0v) is 22.4. The van der Waals surface area contributed by atoms with Gasteiger partial charge in [-0.1, -0.05) is 81.1 Å². The Labute approximate surface area is 198 Å². The van der Waals surface area contributed by atoms with E-state index >= 15 is 0 Å². The fourth-order valence-corrected chi connectivity index (χ4v) is 4.42. The molecule has 1 rings (SSSR count). The molecule has 1 fully saturated rings. The topological polar surface area (TPSA) is 52.6 Å². The Morgan fingerprint density at radius 3 is 1.31 bits per heavy atom. The summed E-state index contributed by atoms with van der Waals surface area (Å²) >= 11 is 0. The van der Waals surface area contributed by atoms with E-state index in [0.717, 1.165) is 38.5 Å². The third kappa shape index (κ3) is 9.43. The maximum Gasteiger partial charge on any atom is 0.308 e. The van der Waals surface area contributed by atoms with Crippen LogP contribution in [0.2, 0.25) is 0 Å². The van der Waals surface area contributed by atoms with E-state index in [2.05, 4.69) is 55.4 Å². The highest BCUT2D eigenvalue weighted by Crippen LogP contribution is 2.35. The molecule has 2 unspecified atom stereocenters. The predicted octanol–water partition coefficient (Wildman–Crippen LogP) is 7.58. The highest BCUT2D eigenvalue weighted by Gasteiger charge is 2.34. The largest absolute Gasteiger partial charge is 0.465 e. The number of hydrogen-bond donors (Lipinski definition) is 0. The van der Waals surface area contributed by atoms with E-state index in [-0.39, 0.29) is 34.6 Å². The highest BCUT2D eigenvalue weighted by atomic mass is 16.5. The predicted molar refractivity (Wildman–Crippen MR) is 132 cm³/mol. The van der Waals surface area contributed by atoms with Crippen molar-refractivity contribution >= 4 is 11.9 Å². The zero-order chi connectivity index (χ0) is 24.4. The minimum absolute atomic E-state index is 0.0723. The van der Waals surface area contributed by atoms with Gasteiger partial charge in [-0.2, -0.15) is 0 Å². The summed E-state index contributed by atoms with van der Waals surface area (Å²) in [6.45, 7) is 18.8. The molecule has 0 spiro atoms.